The van der Waals surface area contributed by atoms with Gasteiger partial charge in [0, 0.05) is 12.3 Å². The summed E-state index contributed by atoms with van der Waals surface area (Å²) in [7, 11) is 0. The molecule has 0 atom stereocenters. The minimum Gasteiger partial charge on any atom is -0.386 e. The number of amides is 1. The molecule has 0 spiro atoms. The van der Waals surface area contributed by atoms with Crippen molar-refractivity contribution >= 4 is 11.6 Å². The maximum atomic E-state index is 12.3. The summed E-state index contributed by atoms with van der Waals surface area (Å²) in [6, 6.07) is 1.87. The number of likely N-dealkylation sites (tertiary alicyclic amines) is 1. The molecule has 1 aliphatic rings. The number of hydrogen-bond donors (Lipinski definition) is 1. The maximum Gasteiger partial charge on any atom is 0.257 e. The van der Waals surface area contributed by atoms with Crippen molar-refractivity contribution in [2.24, 2.45) is 0 Å². The first-order valence-corrected chi connectivity index (χ1v) is 6.21. The lowest BCUT2D eigenvalue weighted by atomic mass is 9.96. The van der Waals surface area contributed by atoms with Crippen LogP contribution in [0.1, 0.15) is 28.7 Å². The lowest BCUT2D eigenvalue weighted by molar-refractivity contribution is -0.0669. The average molecular weight is 260 g/mol. The maximum absolute atomic E-state index is 12.3. The number of hydrogen-bond acceptors (Lipinski definition) is 4. The molecule has 0 aliphatic carbocycles. The van der Waals surface area contributed by atoms with E-state index in [-0.39, 0.29) is 5.91 Å². The molecule has 0 bridgehead atoms. The SMILES string of the molecule is Cc1cc2ncc(C(=O)N3CC(C)(O)C3)c(C)n2n1. The topological polar surface area (TPSA) is 70.7 Å². The molecule has 6 heteroatoms. The number of β-amino-alcohol motifs (C(OH)–C–C–N with tert-alkyl or cyclic N) is 1. The van der Waals surface area contributed by atoms with E-state index in [2.05, 4.69) is 10.1 Å². The molecular formula is C13H16N4O2. The van der Waals surface area contributed by atoms with E-state index < -0.39 is 5.60 Å². The quantitative estimate of drug-likeness (QED) is 0.813. The molecule has 0 saturated carbocycles. The molecule has 3 rings (SSSR count). The minimum atomic E-state index is -0.761. The first-order valence-electron chi connectivity index (χ1n) is 6.21. The number of aliphatic hydroxyl groups is 1. The third kappa shape index (κ3) is 1.88. The summed E-state index contributed by atoms with van der Waals surface area (Å²) in [5.41, 5.74) is 2.15. The monoisotopic (exact) mass is 260 g/mol. The van der Waals surface area contributed by atoms with Gasteiger partial charge in [0.2, 0.25) is 0 Å². The highest BCUT2D eigenvalue weighted by molar-refractivity contribution is 5.95. The van der Waals surface area contributed by atoms with Gasteiger partial charge in [-0.3, -0.25) is 4.79 Å². The van der Waals surface area contributed by atoms with Gasteiger partial charge in [-0.25, -0.2) is 9.50 Å². The number of fused-ring (bicyclic) bond motifs is 1. The van der Waals surface area contributed by atoms with Gasteiger partial charge in [0.1, 0.15) is 0 Å². The van der Waals surface area contributed by atoms with E-state index in [4.69, 9.17) is 0 Å². The molecule has 2 aromatic rings. The summed E-state index contributed by atoms with van der Waals surface area (Å²) in [5, 5.41) is 14.0. The van der Waals surface area contributed by atoms with Crippen LogP contribution in [0.4, 0.5) is 0 Å². The van der Waals surface area contributed by atoms with Gasteiger partial charge in [0.25, 0.3) is 5.91 Å². The molecule has 1 fully saturated rings. The van der Waals surface area contributed by atoms with Crippen molar-refractivity contribution in [3.63, 3.8) is 0 Å². The zero-order valence-corrected chi connectivity index (χ0v) is 11.2. The molecule has 2 aromatic heterocycles. The molecule has 3 heterocycles. The Bertz CT molecular complexity index is 667. The fourth-order valence-electron chi connectivity index (χ4n) is 2.46. The fourth-order valence-corrected chi connectivity index (χ4v) is 2.46. The predicted octanol–water partition coefficient (Wildman–Crippen LogP) is 0.553. The summed E-state index contributed by atoms with van der Waals surface area (Å²) < 4.78 is 1.68. The molecule has 100 valence electrons. The van der Waals surface area contributed by atoms with Crippen LogP contribution in [-0.4, -0.2) is 49.2 Å². The highest BCUT2D eigenvalue weighted by Crippen LogP contribution is 2.23. The molecule has 0 radical (unpaired) electrons. The van der Waals surface area contributed by atoms with Gasteiger partial charge in [-0.15, -0.1) is 0 Å². The third-order valence-corrected chi connectivity index (χ3v) is 3.43. The van der Waals surface area contributed by atoms with Crippen molar-refractivity contribution < 1.29 is 9.90 Å². The standard InChI is InChI=1S/C13H16N4O2/c1-8-4-11-14-5-10(9(2)17(11)15-8)12(18)16-6-13(3,19)7-16/h4-5,19H,6-7H2,1-3H3. The Hall–Kier alpha value is -1.95. The number of aromatic nitrogens is 3. The van der Waals surface area contributed by atoms with Gasteiger partial charge in [-0.05, 0) is 20.8 Å². The molecule has 1 N–H and O–H groups in total. The number of aryl methyl sites for hydroxylation is 2. The van der Waals surface area contributed by atoms with Crippen molar-refractivity contribution in [1.82, 2.24) is 19.5 Å². The highest BCUT2D eigenvalue weighted by Gasteiger charge is 2.40. The molecule has 1 saturated heterocycles. The zero-order chi connectivity index (χ0) is 13.8. The molecular weight excluding hydrogens is 244 g/mol. The van der Waals surface area contributed by atoms with E-state index in [9.17, 15) is 9.90 Å². The average Bonchev–Trinajstić information content (AvgIpc) is 2.67. The summed E-state index contributed by atoms with van der Waals surface area (Å²) in [6.45, 7) is 6.19. The van der Waals surface area contributed by atoms with Crippen molar-refractivity contribution in [3.05, 3.63) is 29.2 Å². The van der Waals surface area contributed by atoms with Crippen LogP contribution in [0.5, 0.6) is 0 Å². The van der Waals surface area contributed by atoms with Gasteiger partial charge in [-0.1, -0.05) is 0 Å². The predicted molar refractivity (Wildman–Crippen MR) is 69.0 cm³/mol. The Balaban J connectivity index is 1.97. The fraction of sp³-hybridized carbons (Fsp3) is 0.462. The second kappa shape index (κ2) is 3.77. The number of rotatable bonds is 1. The molecule has 1 amide bonds. The van der Waals surface area contributed by atoms with Gasteiger partial charge in [-0.2, -0.15) is 5.10 Å². The Morgan fingerprint density at radius 2 is 2.11 bits per heavy atom. The van der Waals surface area contributed by atoms with E-state index in [1.165, 1.54) is 0 Å². The smallest absolute Gasteiger partial charge is 0.257 e. The Morgan fingerprint density at radius 3 is 2.74 bits per heavy atom. The van der Waals surface area contributed by atoms with Crippen LogP contribution in [0.15, 0.2) is 12.3 Å². The number of carbonyl (C=O) groups is 1. The van der Waals surface area contributed by atoms with Gasteiger partial charge < -0.3 is 10.0 Å². The van der Waals surface area contributed by atoms with Crippen LogP contribution >= 0.6 is 0 Å². The summed E-state index contributed by atoms with van der Waals surface area (Å²) in [5.74, 6) is -0.105. The van der Waals surface area contributed by atoms with Crippen LogP contribution in [0.3, 0.4) is 0 Å². The first-order chi connectivity index (χ1) is 8.87. The molecule has 19 heavy (non-hydrogen) atoms. The largest absolute Gasteiger partial charge is 0.386 e. The number of nitrogens with zero attached hydrogens (tertiary/aromatic N) is 4. The van der Waals surface area contributed by atoms with Gasteiger partial charge >= 0.3 is 0 Å². The normalized spacial score (nSPS) is 17.6. The molecule has 6 nitrogen and oxygen atoms in total. The lowest BCUT2D eigenvalue weighted by Crippen LogP contribution is -2.61. The Morgan fingerprint density at radius 1 is 1.42 bits per heavy atom. The highest BCUT2D eigenvalue weighted by atomic mass is 16.3. The summed E-state index contributed by atoms with van der Waals surface area (Å²) >= 11 is 0. The Kier molecular flexibility index (Phi) is 2.40. The van der Waals surface area contributed by atoms with Crippen LogP contribution < -0.4 is 0 Å². The Labute approximate surface area is 110 Å². The van der Waals surface area contributed by atoms with Crippen molar-refractivity contribution in [1.29, 1.82) is 0 Å². The molecule has 0 aromatic carbocycles. The van der Waals surface area contributed by atoms with Crippen LogP contribution in [-0.2, 0) is 0 Å². The zero-order valence-electron chi connectivity index (χ0n) is 11.2. The first kappa shape index (κ1) is 12.1. The minimum absolute atomic E-state index is 0.105. The lowest BCUT2D eigenvalue weighted by Gasteiger charge is -2.44. The van der Waals surface area contributed by atoms with Crippen molar-refractivity contribution in [2.45, 2.75) is 26.4 Å². The molecule has 0 unspecified atom stereocenters. The van der Waals surface area contributed by atoms with Crippen molar-refractivity contribution in [2.75, 3.05) is 13.1 Å². The van der Waals surface area contributed by atoms with Crippen LogP contribution in [0, 0.1) is 13.8 Å². The van der Waals surface area contributed by atoms with Crippen LogP contribution in [0.2, 0.25) is 0 Å². The second-order valence-electron chi connectivity index (χ2n) is 5.47. The third-order valence-electron chi connectivity index (χ3n) is 3.43. The van der Waals surface area contributed by atoms with E-state index >= 15 is 0 Å². The van der Waals surface area contributed by atoms with Crippen LogP contribution in [0.25, 0.3) is 5.65 Å². The van der Waals surface area contributed by atoms with E-state index in [0.29, 0.717) is 18.7 Å². The van der Waals surface area contributed by atoms with Crippen molar-refractivity contribution in [3.8, 4) is 0 Å². The van der Waals surface area contributed by atoms with E-state index in [0.717, 1.165) is 17.0 Å². The summed E-state index contributed by atoms with van der Waals surface area (Å²) in [6.07, 6.45) is 1.58. The summed E-state index contributed by atoms with van der Waals surface area (Å²) in [4.78, 5) is 18.2. The second-order valence-corrected chi connectivity index (χ2v) is 5.47. The molecule has 1 aliphatic heterocycles. The van der Waals surface area contributed by atoms with Gasteiger partial charge in [0.15, 0.2) is 5.65 Å². The number of carbonyl (C=O) groups excluding carboxylic acids is 1. The van der Waals surface area contributed by atoms with E-state index in [1.807, 2.05) is 19.9 Å². The van der Waals surface area contributed by atoms with E-state index in [1.54, 1.807) is 22.5 Å². The van der Waals surface area contributed by atoms with Gasteiger partial charge in [0.05, 0.1) is 35.6 Å².